The lowest BCUT2D eigenvalue weighted by atomic mass is 10.2. The van der Waals surface area contributed by atoms with Crippen molar-refractivity contribution >= 4 is 45.1 Å². The minimum Gasteiger partial charge on any atom is -0.495 e. The molecule has 128 valence electrons. The largest absolute Gasteiger partial charge is 0.495 e. The molecule has 0 bridgehead atoms. The molecule has 0 saturated carbocycles. The van der Waals surface area contributed by atoms with Crippen LogP contribution in [0, 0.1) is 0 Å². The molecule has 0 spiro atoms. The third-order valence-corrected chi connectivity index (χ3v) is 3.58. The average Bonchev–Trinajstić information content (AvgIpc) is 2.99. The second-order valence-electron chi connectivity index (χ2n) is 4.42. The van der Waals surface area contributed by atoms with E-state index in [4.69, 9.17) is 30.2 Å². The SMILES string of the molecule is COc1cc(OC)c(NC(=O)COC(=O)c2ccc(Br)o2)cc1Cl. The predicted molar refractivity (Wildman–Crippen MR) is 89.9 cm³/mol. The van der Waals surface area contributed by atoms with Crippen LogP contribution in [0.2, 0.25) is 5.02 Å². The molecular formula is C15H13BrClNO6. The second kappa shape index (κ2) is 8.07. The van der Waals surface area contributed by atoms with Gasteiger partial charge in [-0.05, 0) is 34.1 Å². The molecule has 0 radical (unpaired) electrons. The molecule has 9 heteroatoms. The predicted octanol–water partition coefficient (Wildman–Crippen LogP) is 3.51. The Bertz CT molecular complexity index is 760. The standard InChI is InChI=1S/C15H13BrClNO6/c1-21-11-6-12(22-2)9(5-8(11)17)18-14(19)7-23-15(20)10-3-4-13(16)24-10/h3-6H,7H2,1-2H3,(H,18,19). The minimum atomic E-state index is -0.754. The summed E-state index contributed by atoms with van der Waals surface area (Å²) in [5.41, 5.74) is 0.324. The Balaban J connectivity index is 1.99. The number of esters is 1. The van der Waals surface area contributed by atoms with Crippen molar-refractivity contribution in [3.8, 4) is 11.5 Å². The zero-order valence-corrected chi connectivity index (χ0v) is 15.1. The molecular weight excluding hydrogens is 406 g/mol. The van der Waals surface area contributed by atoms with Gasteiger partial charge in [-0.25, -0.2) is 4.79 Å². The zero-order valence-electron chi connectivity index (χ0n) is 12.7. The first-order chi connectivity index (χ1) is 11.4. The molecule has 0 atom stereocenters. The molecule has 0 saturated heterocycles. The van der Waals surface area contributed by atoms with Gasteiger partial charge in [0, 0.05) is 6.07 Å². The number of carbonyl (C=O) groups excluding carboxylic acids is 2. The van der Waals surface area contributed by atoms with Crippen molar-refractivity contribution in [2.75, 3.05) is 26.1 Å². The average molecular weight is 419 g/mol. The summed E-state index contributed by atoms with van der Waals surface area (Å²) in [6, 6.07) is 5.98. The highest BCUT2D eigenvalue weighted by Crippen LogP contribution is 2.35. The van der Waals surface area contributed by atoms with E-state index in [0.717, 1.165) is 0 Å². The maximum Gasteiger partial charge on any atom is 0.374 e. The van der Waals surface area contributed by atoms with Crippen LogP contribution in [-0.2, 0) is 9.53 Å². The number of nitrogens with one attached hydrogen (secondary N) is 1. The normalized spacial score (nSPS) is 10.2. The van der Waals surface area contributed by atoms with Crippen molar-refractivity contribution in [3.05, 3.63) is 39.7 Å². The first-order valence-corrected chi connectivity index (χ1v) is 7.75. The number of ether oxygens (including phenoxy) is 3. The monoisotopic (exact) mass is 417 g/mol. The number of halogens is 2. The van der Waals surface area contributed by atoms with Gasteiger partial charge in [-0.15, -0.1) is 0 Å². The van der Waals surface area contributed by atoms with E-state index < -0.39 is 18.5 Å². The van der Waals surface area contributed by atoms with E-state index >= 15 is 0 Å². The number of hydrogen-bond donors (Lipinski definition) is 1. The van der Waals surface area contributed by atoms with Gasteiger partial charge >= 0.3 is 5.97 Å². The molecule has 1 aromatic heterocycles. The van der Waals surface area contributed by atoms with E-state index in [2.05, 4.69) is 21.2 Å². The fourth-order valence-corrected chi connectivity index (χ4v) is 2.32. The number of rotatable bonds is 6. The van der Waals surface area contributed by atoms with E-state index in [1.807, 2.05) is 0 Å². The second-order valence-corrected chi connectivity index (χ2v) is 5.60. The summed E-state index contributed by atoms with van der Waals surface area (Å²) in [6.45, 7) is -0.496. The highest BCUT2D eigenvalue weighted by atomic mass is 79.9. The fraction of sp³-hybridized carbons (Fsp3) is 0.200. The maximum absolute atomic E-state index is 11.9. The zero-order chi connectivity index (χ0) is 17.7. The van der Waals surface area contributed by atoms with E-state index in [0.29, 0.717) is 26.9 Å². The Hall–Kier alpha value is -2.19. The molecule has 1 aromatic carbocycles. The Morgan fingerprint density at radius 3 is 2.50 bits per heavy atom. The van der Waals surface area contributed by atoms with Crippen molar-refractivity contribution in [2.45, 2.75) is 0 Å². The number of carbonyl (C=O) groups is 2. The molecule has 0 unspecified atom stereocenters. The lowest BCUT2D eigenvalue weighted by molar-refractivity contribution is -0.119. The van der Waals surface area contributed by atoms with Crippen LogP contribution in [0.25, 0.3) is 0 Å². The van der Waals surface area contributed by atoms with Gasteiger partial charge in [-0.1, -0.05) is 11.6 Å². The minimum absolute atomic E-state index is 0.0141. The molecule has 0 aliphatic carbocycles. The summed E-state index contributed by atoms with van der Waals surface area (Å²) in [5.74, 6) is -0.573. The van der Waals surface area contributed by atoms with E-state index in [1.54, 1.807) is 6.07 Å². The summed E-state index contributed by atoms with van der Waals surface area (Å²) in [4.78, 5) is 23.6. The number of furan rings is 1. The van der Waals surface area contributed by atoms with Gasteiger partial charge in [0.25, 0.3) is 5.91 Å². The van der Waals surface area contributed by atoms with Gasteiger partial charge in [0.1, 0.15) is 11.5 Å². The fourth-order valence-electron chi connectivity index (χ4n) is 1.77. The Morgan fingerprint density at radius 2 is 1.92 bits per heavy atom. The summed E-state index contributed by atoms with van der Waals surface area (Å²) >= 11 is 9.09. The lowest BCUT2D eigenvalue weighted by Crippen LogP contribution is -2.21. The third-order valence-electron chi connectivity index (χ3n) is 2.86. The van der Waals surface area contributed by atoms with Gasteiger partial charge in [0.05, 0.1) is 24.9 Å². The Labute approximate surface area is 150 Å². The topological polar surface area (TPSA) is 87.0 Å². The molecule has 1 amide bonds. The smallest absolute Gasteiger partial charge is 0.374 e. The lowest BCUT2D eigenvalue weighted by Gasteiger charge is -2.13. The number of anilines is 1. The van der Waals surface area contributed by atoms with Crippen LogP contribution in [0.5, 0.6) is 11.5 Å². The molecule has 7 nitrogen and oxygen atoms in total. The highest BCUT2D eigenvalue weighted by molar-refractivity contribution is 9.10. The number of methoxy groups -OCH3 is 2. The van der Waals surface area contributed by atoms with Crippen LogP contribution in [0.15, 0.2) is 33.4 Å². The highest BCUT2D eigenvalue weighted by Gasteiger charge is 2.16. The van der Waals surface area contributed by atoms with Gasteiger partial charge in [0.2, 0.25) is 5.76 Å². The molecule has 2 rings (SSSR count). The quantitative estimate of drug-likeness (QED) is 0.723. The Morgan fingerprint density at radius 1 is 1.21 bits per heavy atom. The molecule has 0 aliphatic heterocycles. The van der Waals surface area contributed by atoms with Crippen molar-refractivity contribution in [1.82, 2.24) is 0 Å². The van der Waals surface area contributed by atoms with Crippen LogP contribution in [-0.4, -0.2) is 32.7 Å². The van der Waals surface area contributed by atoms with Crippen molar-refractivity contribution in [2.24, 2.45) is 0 Å². The molecule has 0 aliphatic rings. The summed E-state index contributed by atoms with van der Waals surface area (Å²) in [6.07, 6.45) is 0. The molecule has 1 heterocycles. The van der Waals surface area contributed by atoms with Crippen molar-refractivity contribution in [3.63, 3.8) is 0 Å². The maximum atomic E-state index is 11.9. The van der Waals surface area contributed by atoms with E-state index in [-0.39, 0.29) is 5.76 Å². The molecule has 24 heavy (non-hydrogen) atoms. The van der Waals surface area contributed by atoms with Gasteiger partial charge in [-0.3, -0.25) is 4.79 Å². The van der Waals surface area contributed by atoms with E-state index in [1.165, 1.54) is 32.4 Å². The van der Waals surface area contributed by atoms with Crippen LogP contribution in [0.4, 0.5) is 5.69 Å². The summed E-state index contributed by atoms with van der Waals surface area (Å²) < 4.78 is 20.5. The summed E-state index contributed by atoms with van der Waals surface area (Å²) in [5, 5.41) is 2.84. The first kappa shape index (κ1) is 18.2. The van der Waals surface area contributed by atoms with Crippen LogP contribution >= 0.6 is 27.5 Å². The summed E-state index contributed by atoms with van der Waals surface area (Å²) in [7, 11) is 2.90. The van der Waals surface area contributed by atoms with Gasteiger partial charge in [-0.2, -0.15) is 0 Å². The first-order valence-electron chi connectivity index (χ1n) is 6.58. The van der Waals surface area contributed by atoms with Crippen LogP contribution < -0.4 is 14.8 Å². The van der Waals surface area contributed by atoms with Crippen molar-refractivity contribution < 1.29 is 28.2 Å². The molecule has 2 aromatic rings. The Kier molecular flexibility index (Phi) is 6.10. The third kappa shape index (κ3) is 4.42. The number of hydrogen-bond acceptors (Lipinski definition) is 6. The molecule has 0 fully saturated rings. The number of amides is 1. The van der Waals surface area contributed by atoms with Gasteiger partial charge in [0.15, 0.2) is 11.3 Å². The van der Waals surface area contributed by atoms with Crippen LogP contribution in [0.3, 0.4) is 0 Å². The van der Waals surface area contributed by atoms with Crippen molar-refractivity contribution in [1.29, 1.82) is 0 Å². The van der Waals surface area contributed by atoms with Gasteiger partial charge < -0.3 is 23.9 Å². The van der Waals surface area contributed by atoms with Crippen LogP contribution in [0.1, 0.15) is 10.6 Å². The number of benzene rings is 1. The van der Waals surface area contributed by atoms with E-state index in [9.17, 15) is 9.59 Å². The molecule has 1 N–H and O–H groups in total.